The minimum absolute atomic E-state index is 0.408. The van der Waals surface area contributed by atoms with Gasteiger partial charge in [0, 0.05) is 13.1 Å². The average molecular weight is 181 g/mol. The molecule has 0 bridgehead atoms. The molecule has 0 aromatic carbocycles. The molecule has 0 aromatic heterocycles. The maximum atomic E-state index is 10.1. The molecule has 1 unspecified atom stereocenters. The zero-order chi connectivity index (χ0) is 10.1. The molecule has 0 saturated heterocycles. The van der Waals surface area contributed by atoms with Gasteiger partial charge in [0.1, 0.15) is 0 Å². The van der Waals surface area contributed by atoms with E-state index >= 15 is 0 Å². The zero-order valence-electron chi connectivity index (χ0n) is 7.69. The predicted molar refractivity (Wildman–Crippen MR) is 53.1 cm³/mol. The zero-order valence-corrected chi connectivity index (χ0v) is 7.69. The van der Waals surface area contributed by atoms with Crippen LogP contribution in [0, 0.1) is 0 Å². The van der Waals surface area contributed by atoms with Gasteiger partial charge in [0.05, 0.1) is 0 Å². The lowest BCUT2D eigenvalue weighted by molar-refractivity contribution is -0.138. The van der Waals surface area contributed by atoms with Crippen molar-refractivity contribution in [3.05, 3.63) is 38.0 Å². The molecule has 0 aliphatic rings. The van der Waals surface area contributed by atoms with Crippen LogP contribution in [-0.4, -0.2) is 30.7 Å². The first-order valence-corrected chi connectivity index (χ1v) is 3.97. The molecule has 0 fully saturated rings. The summed E-state index contributed by atoms with van der Waals surface area (Å²) in [5, 5.41) is 0. The van der Waals surface area contributed by atoms with Crippen molar-refractivity contribution < 1.29 is 9.53 Å². The van der Waals surface area contributed by atoms with E-state index in [9.17, 15) is 4.79 Å². The van der Waals surface area contributed by atoms with Gasteiger partial charge in [0.25, 0.3) is 6.47 Å². The van der Waals surface area contributed by atoms with Crippen LogP contribution in [0.25, 0.3) is 0 Å². The van der Waals surface area contributed by atoms with Crippen LogP contribution in [-0.2, 0) is 9.53 Å². The van der Waals surface area contributed by atoms with Gasteiger partial charge in [-0.05, 0) is 6.08 Å². The molecule has 0 aliphatic heterocycles. The summed E-state index contributed by atoms with van der Waals surface area (Å²) in [6.07, 6.45) is 4.61. The highest BCUT2D eigenvalue weighted by Gasteiger charge is 2.12. The molecule has 0 aromatic rings. The summed E-state index contributed by atoms with van der Waals surface area (Å²) in [4.78, 5) is 12.0. The van der Waals surface area contributed by atoms with Gasteiger partial charge >= 0.3 is 0 Å². The molecule has 0 amide bonds. The third-order valence-electron chi connectivity index (χ3n) is 1.48. The van der Waals surface area contributed by atoms with E-state index in [-0.39, 0.29) is 0 Å². The van der Waals surface area contributed by atoms with Crippen LogP contribution in [0.4, 0.5) is 0 Å². The van der Waals surface area contributed by atoms with Crippen molar-refractivity contribution >= 4 is 6.47 Å². The van der Waals surface area contributed by atoms with Crippen LogP contribution < -0.4 is 0 Å². The molecule has 0 radical (unpaired) electrons. The van der Waals surface area contributed by atoms with Gasteiger partial charge in [0.15, 0.2) is 6.23 Å². The first-order chi connectivity index (χ1) is 6.29. The smallest absolute Gasteiger partial charge is 0.294 e. The number of hydrogen-bond acceptors (Lipinski definition) is 3. The highest BCUT2D eigenvalue weighted by molar-refractivity contribution is 5.37. The van der Waals surface area contributed by atoms with E-state index < -0.39 is 6.23 Å². The Bertz CT molecular complexity index is 179. The maximum absolute atomic E-state index is 10.1. The highest BCUT2D eigenvalue weighted by Crippen LogP contribution is 2.01. The van der Waals surface area contributed by atoms with Crippen LogP contribution in [0.3, 0.4) is 0 Å². The van der Waals surface area contributed by atoms with Gasteiger partial charge in [-0.3, -0.25) is 9.69 Å². The Morgan fingerprint density at radius 2 is 1.77 bits per heavy atom. The van der Waals surface area contributed by atoms with Crippen molar-refractivity contribution in [3.8, 4) is 0 Å². The molecule has 72 valence electrons. The number of hydrogen-bond donors (Lipinski definition) is 0. The van der Waals surface area contributed by atoms with Gasteiger partial charge in [-0.1, -0.05) is 18.7 Å². The Morgan fingerprint density at radius 1 is 1.23 bits per heavy atom. The van der Waals surface area contributed by atoms with Crippen molar-refractivity contribution in [3.63, 3.8) is 0 Å². The standard InChI is InChI=1S/C10H15NO2/c1-4-7-11(8-5-2)10(6-3)13-9-12/h4-6,9-10H,1-3,7-8H2. The summed E-state index contributed by atoms with van der Waals surface area (Å²) >= 11 is 0. The Hall–Kier alpha value is -1.35. The van der Waals surface area contributed by atoms with Gasteiger partial charge < -0.3 is 4.74 Å². The van der Waals surface area contributed by atoms with Gasteiger partial charge in [-0.15, -0.1) is 13.2 Å². The number of carbonyl (C=O) groups is 1. The van der Waals surface area contributed by atoms with Crippen LogP contribution in [0.15, 0.2) is 38.0 Å². The SMILES string of the molecule is C=CCN(CC=C)C(C=C)OC=O. The van der Waals surface area contributed by atoms with Crippen molar-refractivity contribution in [2.75, 3.05) is 13.1 Å². The molecule has 0 saturated carbocycles. The number of carbonyl (C=O) groups excluding carboxylic acids is 1. The molecule has 0 heterocycles. The van der Waals surface area contributed by atoms with Gasteiger partial charge in [-0.2, -0.15) is 0 Å². The van der Waals surface area contributed by atoms with E-state index in [2.05, 4.69) is 19.7 Å². The molecule has 0 rings (SSSR count). The molecular weight excluding hydrogens is 166 g/mol. The summed E-state index contributed by atoms with van der Waals surface area (Å²) in [6.45, 7) is 12.4. The predicted octanol–water partition coefficient (Wildman–Crippen LogP) is 1.35. The minimum atomic E-state index is -0.409. The second kappa shape index (κ2) is 7.31. The third-order valence-corrected chi connectivity index (χ3v) is 1.48. The molecule has 0 aliphatic carbocycles. The fourth-order valence-corrected chi connectivity index (χ4v) is 0.962. The molecule has 13 heavy (non-hydrogen) atoms. The van der Waals surface area contributed by atoms with Gasteiger partial charge in [0.2, 0.25) is 0 Å². The van der Waals surface area contributed by atoms with Crippen LogP contribution in [0.1, 0.15) is 0 Å². The van der Waals surface area contributed by atoms with E-state index in [0.29, 0.717) is 19.6 Å². The van der Waals surface area contributed by atoms with E-state index in [4.69, 9.17) is 4.74 Å². The number of rotatable bonds is 8. The Kier molecular flexibility index (Phi) is 6.55. The van der Waals surface area contributed by atoms with Crippen molar-refractivity contribution in [2.45, 2.75) is 6.23 Å². The van der Waals surface area contributed by atoms with Crippen LogP contribution >= 0.6 is 0 Å². The minimum Gasteiger partial charge on any atom is -0.445 e. The number of nitrogens with zero attached hydrogens (tertiary/aromatic N) is 1. The largest absolute Gasteiger partial charge is 0.445 e. The lowest BCUT2D eigenvalue weighted by atomic mass is 10.4. The second-order valence-electron chi connectivity index (χ2n) is 2.39. The molecular formula is C10H15NO2. The number of ether oxygens (including phenoxy) is 1. The van der Waals surface area contributed by atoms with Crippen molar-refractivity contribution in [1.82, 2.24) is 4.90 Å². The lowest BCUT2D eigenvalue weighted by Crippen LogP contribution is -2.35. The van der Waals surface area contributed by atoms with E-state index in [0.717, 1.165) is 0 Å². The molecule has 1 atom stereocenters. The van der Waals surface area contributed by atoms with Crippen molar-refractivity contribution in [1.29, 1.82) is 0 Å². The summed E-state index contributed by atoms with van der Waals surface area (Å²) < 4.78 is 4.79. The van der Waals surface area contributed by atoms with E-state index in [1.807, 2.05) is 4.90 Å². The second-order valence-corrected chi connectivity index (χ2v) is 2.39. The summed E-state index contributed by atoms with van der Waals surface area (Å²) in [6, 6.07) is 0. The Balaban J connectivity index is 4.25. The van der Waals surface area contributed by atoms with E-state index in [1.54, 1.807) is 18.2 Å². The third kappa shape index (κ3) is 4.28. The van der Waals surface area contributed by atoms with Crippen molar-refractivity contribution in [2.24, 2.45) is 0 Å². The lowest BCUT2D eigenvalue weighted by Gasteiger charge is -2.25. The highest BCUT2D eigenvalue weighted by atomic mass is 16.5. The Morgan fingerprint density at radius 3 is 2.08 bits per heavy atom. The molecule has 0 spiro atoms. The normalized spacial score (nSPS) is 11.8. The first kappa shape index (κ1) is 11.6. The molecule has 3 nitrogen and oxygen atoms in total. The monoisotopic (exact) mass is 181 g/mol. The fourth-order valence-electron chi connectivity index (χ4n) is 0.962. The van der Waals surface area contributed by atoms with E-state index in [1.165, 1.54) is 0 Å². The maximum Gasteiger partial charge on any atom is 0.294 e. The van der Waals surface area contributed by atoms with Crippen LogP contribution in [0.2, 0.25) is 0 Å². The Labute approximate surface area is 79.0 Å². The molecule has 0 N–H and O–H groups in total. The summed E-state index contributed by atoms with van der Waals surface area (Å²) in [5.74, 6) is 0. The van der Waals surface area contributed by atoms with Gasteiger partial charge in [-0.25, -0.2) is 0 Å². The van der Waals surface area contributed by atoms with Crippen LogP contribution in [0.5, 0.6) is 0 Å². The quantitative estimate of drug-likeness (QED) is 0.321. The fraction of sp³-hybridized carbons (Fsp3) is 0.300. The topological polar surface area (TPSA) is 29.5 Å². The average Bonchev–Trinajstić information content (AvgIpc) is 2.14. The first-order valence-electron chi connectivity index (χ1n) is 3.97. The summed E-state index contributed by atoms with van der Waals surface area (Å²) in [7, 11) is 0. The summed E-state index contributed by atoms with van der Waals surface area (Å²) in [5.41, 5.74) is 0. The molecule has 3 heteroatoms.